The summed E-state index contributed by atoms with van der Waals surface area (Å²) in [5, 5.41) is 21.2. The average molecular weight is 340 g/mol. The predicted molar refractivity (Wildman–Crippen MR) is 89.6 cm³/mol. The Hall–Kier alpha value is -3.46. The fourth-order valence-corrected chi connectivity index (χ4v) is 2.17. The summed E-state index contributed by atoms with van der Waals surface area (Å²) in [6, 6.07) is 10.0. The van der Waals surface area contributed by atoms with Crippen LogP contribution in [-0.4, -0.2) is 49.7 Å². The third-order valence-corrected chi connectivity index (χ3v) is 3.46. The van der Waals surface area contributed by atoms with Gasteiger partial charge in [-0.05, 0) is 5.56 Å². The molecule has 0 unspecified atom stereocenters. The van der Waals surface area contributed by atoms with E-state index in [9.17, 15) is 14.7 Å². The second-order valence-electron chi connectivity index (χ2n) is 5.20. The number of hydrogen-bond donors (Lipinski definition) is 5. The van der Waals surface area contributed by atoms with E-state index < -0.39 is 24.5 Å². The van der Waals surface area contributed by atoms with Crippen LogP contribution in [0.15, 0.2) is 48.9 Å². The van der Waals surface area contributed by atoms with E-state index in [4.69, 9.17) is 0 Å². The minimum Gasteiger partial charge on any atom is -0.394 e. The van der Waals surface area contributed by atoms with Crippen molar-refractivity contribution < 1.29 is 14.7 Å². The van der Waals surface area contributed by atoms with Crippen molar-refractivity contribution in [2.75, 3.05) is 11.9 Å². The number of aromatic nitrogens is 4. The quantitative estimate of drug-likeness (QED) is 0.446. The Morgan fingerprint density at radius 2 is 2.04 bits per heavy atom. The Morgan fingerprint density at radius 1 is 1.24 bits per heavy atom. The first kappa shape index (κ1) is 16.4. The standard InChI is InChI=1S/C16H16N6O3/c23-8-13(19-15(24)12-7-17-9-18-12)16(25)20-14-6-11(21-22-14)10-4-2-1-3-5-10/h1-7,9,13,23H,8H2,(H,17,18)(H,19,24)(H2,20,21,22,25)/t13-/m0/s1. The van der Waals surface area contributed by atoms with Crippen LogP contribution in [0, 0.1) is 0 Å². The number of anilines is 1. The number of hydrogen-bond acceptors (Lipinski definition) is 5. The molecule has 0 fully saturated rings. The number of aromatic amines is 2. The van der Waals surface area contributed by atoms with Crippen LogP contribution in [0.4, 0.5) is 5.82 Å². The molecule has 9 nitrogen and oxygen atoms in total. The van der Waals surface area contributed by atoms with E-state index in [1.54, 1.807) is 6.07 Å². The van der Waals surface area contributed by atoms with Crippen LogP contribution in [0.5, 0.6) is 0 Å². The number of imidazole rings is 1. The number of aliphatic hydroxyl groups excluding tert-OH is 1. The van der Waals surface area contributed by atoms with Gasteiger partial charge in [-0.2, -0.15) is 5.10 Å². The van der Waals surface area contributed by atoms with Gasteiger partial charge >= 0.3 is 0 Å². The molecule has 0 bridgehead atoms. The van der Waals surface area contributed by atoms with Crippen molar-refractivity contribution in [3.63, 3.8) is 0 Å². The summed E-state index contributed by atoms with van der Waals surface area (Å²) in [4.78, 5) is 30.5. The zero-order valence-electron chi connectivity index (χ0n) is 13.1. The summed E-state index contributed by atoms with van der Waals surface area (Å²) in [6.45, 7) is -0.554. The van der Waals surface area contributed by atoms with Crippen LogP contribution < -0.4 is 10.6 Å². The van der Waals surface area contributed by atoms with E-state index >= 15 is 0 Å². The maximum atomic E-state index is 12.2. The van der Waals surface area contributed by atoms with Gasteiger partial charge in [-0.15, -0.1) is 0 Å². The van der Waals surface area contributed by atoms with Gasteiger partial charge in [0.05, 0.1) is 24.8 Å². The van der Waals surface area contributed by atoms with Crippen LogP contribution in [0.2, 0.25) is 0 Å². The van der Waals surface area contributed by atoms with Gasteiger partial charge in [-0.25, -0.2) is 4.98 Å². The van der Waals surface area contributed by atoms with Crippen molar-refractivity contribution in [3.05, 3.63) is 54.6 Å². The van der Waals surface area contributed by atoms with Gasteiger partial charge in [0.2, 0.25) is 0 Å². The molecule has 0 saturated carbocycles. The summed E-state index contributed by atoms with van der Waals surface area (Å²) in [5.74, 6) is -0.835. The Bertz CT molecular complexity index is 844. The van der Waals surface area contributed by atoms with Crippen LogP contribution in [-0.2, 0) is 4.79 Å². The fraction of sp³-hybridized carbons (Fsp3) is 0.125. The topological polar surface area (TPSA) is 136 Å². The van der Waals surface area contributed by atoms with E-state index in [1.807, 2.05) is 30.3 Å². The number of benzene rings is 1. The zero-order chi connectivity index (χ0) is 17.6. The van der Waals surface area contributed by atoms with Crippen LogP contribution in [0.1, 0.15) is 10.5 Å². The van der Waals surface area contributed by atoms with E-state index in [1.165, 1.54) is 12.5 Å². The van der Waals surface area contributed by atoms with Crippen LogP contribution in [0.25, 0.3) is 11.3 Å². The number of aliphatic hydroxyl groups is 1. The maximum Gasteiger partial charge on any atom is 0.270 e. The Morgan fingerprint density at radius 3 is 2.72 bits per heavy atom. The maximum absolute atomic E-state index is 12.2. The molecule has 3 aromatic rings. The van der Waals surface area contributed by atoms with E-state index in [0.717, 1.165) is 11.3 Å². The molecule has 2 aromatic heterocycles. The number of nitrogens with zero attached hydrogens (tertiary/aromatic N) is 2. The molecule has 0 saturated heterocycles. The molecule has 0 aliphatic rings. The number of H-pyrrole nitrogens is 2. The normalized spacial score (nSPS) is 11.7. The molecule has 0 radical (unpaired) electrons. The third kappa shape index (κ3) is 3.90. The van der Waals surface area contributed by atoms with Gasteiger partial charge in [0.15, 0.2) is 5.82 Å². The van der Waals surface area contributed by atoms with Gasteiger partial charge in [-0.1, -0.05) is 30.3 Å². The highest BCUT2D eigenvalue weighted by Crippen LogP contribution is 2.19. The van der Waals surface area contributed by atoms with Gasteiger partial charge in [-0.3, -0.25) is 14.7 Å². The lowest BCUT2D eigenvalue weighted by atomic mass is 10.1. The molecule has 1 aromatic carbocycles. The van der Waals surface area contributed by atoms with Gasteiger partial charge in [0, 0.05) is 6.07 Å². The highest BCUT2D eigenvalue weighted by Gasteiger charge is 2.22. The third-order valence-electron chi connectivity index (χ3n) is 3.46. The summed E-state index contributed by atoms with van der Waals surface area (Å²) in [6.07, 6.45) is 2.67. The van der Waals surface area contributed by atoms with E-state index in [2.05, 4.69) is 30.8 Å². The fourth-order valence-electron chi connectivity index (χ4n) is 2.17. The molecule has 2 heterocycles. The number of amides is 2. The smallest absolute Gasteiger partial charge is 0.270 e. The minimum absolute atomic E-state index is 0.192. The summed E-state index contributed by atoms with van der Waals surface area (Å²) < 4.78 is 0. The second-order valence-corrected chi connectivity index (χ2v) is 5.20. The highest BCUT2D eigenvalue weighted by atomic mass is 16.3. The molecule has 0 aliphatic heterocycles. The monoisotopic (exact) mass is 340 g/mol. The molecule has 0 spiro atoms. The van der Waals surface area contributed by atoms with Crippen molar-refractivity contribution in [2.45, 2.75) is 6.04 Å². The Balaban J connectivity index is 1.64. The first-order chi connectivity index (χ1) is 12.2. The zero-order valence-corrected chi connectivity index (χ0v) is 13.1. The lowest BCUT2D eigenvalue weighted by Gasteiger charge is -2.14. The molecule has 9 heteroatoms. The van der Waals surface area contributed by atoms with E-state index in [-0.39, 0.29) is 11.5 Å². The second kappa shape index (κ2) is 7.41. The first-order valence-electron chi connectivity index (χ1n) is 7.49. The van der Waals surface area contributed by atoms with Crippen molar-refractivity contribution in [1.82, 2.24) is 25.5 Å². The number of carbonyl (C=O) groups is 2. The largest absolute Gasteiger partial charge is 0.394 e. The molecule has 1 atom stereocenters. The van der Waals surface area contributed by atoms with Gasteiger partial charge in [0.25, 0.3) is 11.8 Å². The molecule has 25 heavy (non-hydrogen) atoms. The molecular formula is C16H16N6O3. The lowest BCUT2D eigenvalue weighted by Crippen LogP contribution is -2.46. The SMILES string of the molecule is O=C(N[C@@H](CO)C(=O)Nc1cc(-c2ccccc2)[nH]n1)c1cnc[nH]1. The molecule has 0 aliphatic carbocycles. The number of rotatable bonds is 6. The first-order valence-corrected chi connectivity index (χ1v) is 7.49. The van der Waals surface area contributed by atoms with E-state index in [0.29, 0.717) is 0 Å². The number of nitrogens with one attached hydrogen (secondary N) is 4. The highest BCUT2D eigenvalue weighted by molar-refractivity contribution is 6.00. The number of carbonyl (C=O) groups excluding carboxylic acids is 2. The van der Waals surface area contributed by atoms with Crippen molar-refractivity contribution in [1.29, 1.82) is 0 Å². The molecule has 3 rings (SSSR count). The summed E-state index contributed by atoms with van der Waals surface area (Å²) in [7, 11) is 0. The molecular weight excluding hydrogens is 324 g/mol. The van der Waals surface area contributed by atoms with Crippen molar-refractivity contribution in [2.24, 2.45) is 0 Å². The van der Waals surface area contributed by atoms with Crippen molar-refractivity contribution in [3.8, 4) is 11.3 Å². The Labute approximate surface area is 142 Å². The van der Waals surface area contributed by atoms with Crippen LogP contribution >= 0.6 is 0 Å². The van der Waals surface area contributed by atoms with Gasteiger partial charge < -0.3 is 20.7 Å². The van der Waals surface area contributed by atoms with Crippen LogP contribution in [0.3, 0.4) is 0 Å². The summed E-state index contributed by atoms with van der Waals surface area (Å²) in [5.41, 5.74) is 1.84. The predicted octanol–water partition coefficient (Wildman–Crippen LogP) is 0.529. The Kier molecular flexibility index (Phi) is 4.86. The molecule has 5 N–H and O–H groups in total. The molecule has 128 valence electrons. The molecule has 2 amide bonds. The van der Waals surface area contributed by atoms with Gasteiger partial charge in [0.1, 0.15) is 11.7 Å². The summed E-state index contributed by atoms with van der Waals surface area (Å²) >= 11 is 0. The lowest BCUT2D eigenvalue weighted by molar-refractivity contribution is -0.118. The van der Waals surface area contributed by atoms with Crippen molar-refractivity contribution >= 4 is 17.6 Å². The minimum atomic E-state index is -1.12. The average Bonchev–Trinajstić information content (AvgIpc) is 3.32.